The van der Waals surface area contributed by atoms with Gasteiger partial charge in [-0.15, -0.1) is 0 Å². The maximum absolute atomic E-state index is 12.9. The summed E-state index contributed by atoms with van der Waals surface area (Å²) in [5.41, 5.74) is 1.29. The van der Waals surface area contributed by atoms with Gasteiger partial charge >= 0.3 is 0 Å². The van der Waals surface area contributed by atoms with E-state index in [1.165, 1.54) is 16.7 Å². The van der Waals surface area contributed by atoms with Gasteiger partial charge in [0, 0.05) is 32.2 Å². The number of nitriles is 1. The predicted molar refractivity (Wildman–Crippen MR) is 113 cm³/mol. The first-order valence-electron chi connectivity index (χ1n) is 9.04. The molecule has 0 radical (unpaired) electrons. The zero-order valence-corrected chi connectivity index (χ0v) is 17.4. The van der Waals surface area contributed by atoms with Crippen molar-refractivity contribution in [3.8, 4) is 6.07 Å². The second kappa shape index (κ2) is 7.87. The Balaban J connectivity index is 2.30. The number of carbonyl (C=O) groups excluding carboxylic acids is 1. The van der Waals surface area contributed by atoms with Crippen molar-refractivity contribution in [2.45, 2.75) is 39.7 Å². The third kappa shape index (κ3) is 3.42. The summed E-state index contributed by atoms with van der Waals surface area (Å²) in [6.07, 6.45) is 4.72. The Bertz CT molecular complexity index is 936. The Labute approximate surface area is 168 Å². The van der Waals surface area contributed by atoms with Crippen molar-refractivity contribution < 1.29 is 4.79 Å². The highest BCUT2D eigenvalue weighted by Gasteiger charge is 2.31. The molecular formula is C19H22N4O2S2. The quantitative estimate of drug-likeness (QED) is 0.570. The molecule has 142 valence electrons. The number of anilines is 1. The van der Waals surface area contributed by atoms with Gasteiger partial charge in [0.05, 0.1) is 4.91 Å². The van der Waals surface area contributed by atoms with Crippen LogP contribution in [0.5, 0.6) is 0 Å². The van der Waals surface area contributed by atoms with E-state index < -0.39 is 0 Å². The largest absolute Gasteiger partial charge is 0.357 e. The molecule has 0 aromatic carbocycles. The van der Waals surface area contributed by atoms with Crippen LogP contribution < -0.4 is 10.5 Å². The number of carbonyl (C=O) groups is 1. The van der Waals surface area contributed by atoms with Crippen LogP contribution in [0.2, 0.25) is 0 Å². The number of nitrogens with zero attached hydrogens (tertiary/aromatic N) is 4. The number of hydrogen-bond acceptors (Lipinski definition) is 6. The molecule has 1 amide bonds. The van der Waals surface area contributed by atoms with Crippen LogP contribution in [0.1, 0.15) is 42.9 Å². The molecule has 2 aliphatic rings. The first-order valence-corrected chi connectivity index (χ1v) is 10.3. The van der Waals surface area contributed by atoms with Crippen molar-refractivity contribution in [1.29, 1.82) is 5.26 Å². The SMILES string of the molecule is CCCn1c(N2CCCC2)c(/C=C2/SC(=S)N(C)C2=O)c(C)c(C#N)c1=O. The fraction of sp³-hybridized carbons (Fsp3) is 0.474. The monoisotopic (exact) mass is 402 g/mol. The molecule has 0 bridgehead atoms. The maximum Gasteiger partial charge on any atom is 0.270 e. The maximum atomic E-state index is 12.9. The normalized spacial score (nSPS) is 18.7. The Morgan fingerprint density at radius 3 is 2.48 bits per heavy atom. The molecule has 1 aromatic heterocycles. The summed E-state index contributed by atoms with van der Waals surface area (Å²) in [4.78, 5) is 29.6. The van der Waals surface area contributed by atoms with Gasteiger partial charge in [0.15, 0.2) is 0 Å². The summed E-state index contributed by atoms with van der Waals surface area (Å²) < 4.78 is 2.21. The number of thioether (sulfide) groups is 1. The van der Waals surface area contributed by atoms with Crippen LogP contribution in [0.4, 0.5) is 5.82 Å². The highest BCUT2D eigenvalue weighted by atomic mass is 32.2. The van der Waals surface area contributed by atoms with Gasteiger partial charge in [-0.25, -0.2) is 0 Å². The minimum Gasteiger partial charge on any atom is -0.357 e. The molecule has 0 aliphatic carbocycles. The zero-order valence-electron chi connectivity index (χ0n) is 15.7. The van der Waals surface area contributed by atoms with Gasteiger partial charge < -0.3 is 4.90 Å². The molecule has 0 atom stereocenters. The molecule has 6 nitrogen and oxygen atoms in total. The summed E-state index contributed by atoms with van der Waals surface area (Å²) in [7, 11) is 1.66. The molecule has 0 N–H and O–H groups in total. The topological polar surface area (TPSA) is 69.3 Å². The van der Waals surface area contributed by atoms with E-state index >= 15 is 0 Å². The highest BCUT2D eigenvalue weighted by Crippen LogP contribution is 2.35. The van der Waals surface area contributed by atoms with Crippen LogP contribution >= 0.6 is 24.0 Å². The average molecular weight is 403 g/mol. The smallest absolute Gasteiger partial charge is 0.270 e. The number of likely N-dealkylation sites (N-methyl/N-ethyl adjacent to an activating group) is 1. The first-order chi connectivity index (χ1) is 12.9. The van der Waals surface area contributed by atoms with Crippen LogP contribution in [0.15, 0.2) is 9.70 Å². The Kier molecular flexibility index (Phi) is 5.72. The van der Waals surface area contributed by atoms with E-state index in [4.69, 9.17) is 12.2 Å². The number of thiocarbonyl (C=S) groups is 1. The standard InChI is InChI=1S/C19H22N4O2S2/c1-4-7-23-16(22-8-5-6-9-22)13(12(2)14(11-20)17(23)24)10-15-18(25)21(3)19(26)27-15/h10H,4-9H2,1-3H3/b15-10+. The van der Waals surface area contributed by atoms with Gasteiger partial charge in [0.25, 0.3) is 11.5 Å². The number of amides is 1. The Morgan fingerprint density at radius 1 is 1.30 bits per heavy atom. The lowest BCUT2D eigenvalue weighted by atomic mass is 10.0. The first kappa shape index (κ1) is 19.6. The van der Waals surface area contributed by atoms with Crippen LogP contribution in [-0.4, -0.2) is 39.8 Å². The van der Waals surface area contributed by atoms with Gasteiger partial charge in [-0.1, -0.05) is 30.9 Å². The number of aromatic nitrogens is 1. The van der Waals surface area contributed by atoms with Crippen LogP contribution in [-0.2, 0) is 11.3 Å². The fourth-order valence-corrected chi connectivity index (χ4v) is 4.68. The second-order valence-electron chi connectivity index (χ2n) is 6.74. The van der Waals surface area contributed by atoms with E-state index in [9.17, 15) is 14.9 Å². The molecule has 0 saturated carbocycles. The van der Waals surface area contributed by atoms with Gasteiger partial charge in [-0.2, -0.15) is 5.26 Å². The van der Waals surface area contributed by atoms with E-state index in [0.717, 1.165) is 43.7 Å². The van der Waals surface area contributed by atoms with Crippen molar-refractivity contribution in [3.63, 3.8) is 0 Å². The zero-order chi connectivity index (χ0) is 19.7. The molecule has 8 heteroatoms. The van der Waals surface area contributed by atoms with E-state index in [1.54, 1.807) is 24.6 Å². The van der Waals surface area contributed by atoms with Gasteiger partial charge in [-0.3, -0.25) is 19.1 Å². The lowest BCUT2D eigenvalue weighted by Gasteiger charge is -2.26. The number of rotatable bonds is 4. The third-order valence-electron chi connectivity index (χ3n) is 4.96. The fourth-order valence-electron chi connectivity index (χ4n) is 3.52. The minimum atomic E-state index is -0.251. The molecule has 0 spiro atoms. The van der Waals surface area contributed by atoms with Crippen molar-refractivity contribution in [2.24, 2.45) is 0 Å². The van der Waals surface area contributed by atoms with Crippen LogP contribution in [0.3, 0.4) is 0 Å². The van der Waals surface area contributed by atoms with Gasteiger partial charge in [0.2, 0.25) is 0 Å². The van der Waals surface area contributed by atoms with Gasteiger partial charge in [-0.05, 0) is 37.8 Å². The summed E-state index contributed by atoms with van der Waals surface area (Å²) in [6, 6.07) is 2.07. The molecule has 2 saturated heterocycles. The molecular weight excluding hydrogens is 380 g/mol. The van der Waals surface area contributed by atoms with Crippen molar-refractivity contribution >= 4 is 46.1 Å². The molecule has 3 rings (SSSR count). The Morgan fingerprint density at radius 2 is 1.96 bits per heavy atom. The Hall–Kier alpha value is -2.11. The van der Waals surface area contributed by atoms with Crippen molar-refractivity contribution in [3.05, 3.63) is 31.9 Å². The van der Waals surface area contributed by atoms with Crippen LogP contribution in [0, 0.1) is 18.3 Å². The van der Waals surface area contributed by atoms with E-state index in [2.05, 4.69) is 11.0 Å². The summed E-state index contributed by atoms with van der Waals surface area (Å²) in [6.45, 7) is 6.06. The van der Waals surface area contributed by atoms with Crippen LogP contribution in [0.25, 0.3) is 6.08 Å². The van der Waals surface area contributed by atoms with Crippen molar-refractivity contribution in [2.75, 3.05) is 25.0 Å². The molecule has 2 aliphatic heterocycles. The van der Waals surface area contributed by atoms with Crippen molar-refractivity contribution in [1.82, 2.24) is 9.47 Å². The number of pyridine rings is 1. The third-order valence-corrected chi connectivity index (χ3v) is 6.45. The lowest BCUT2D eigenvalue weighted by Crippen LogP contribution is -2.33. The van der Waals surface area contributed by atoms with E-state index in [-0.39, 0.29) is 17.0 Å². The summed E-state index contributed by atoms with van der Waals surface area (Å²) in [5.74, 6) is 0.667. The molecule has 0 unspecified atom stereocenters. The average Bonchev–Trinajstić information content (AvgIpc) is 3.25. The van der Waals surface area contributed by atoms with Gasteiger partial charge in [0.1, 0.15) is 21.8 Å². The highest BCUT2D eigenvalue weighted by molar-refractivity contribution is 8.26. The lowest BCUT2D eigenvalue weighted by molar-refractivity contribution is -0.121. The molecule has 1 aromatic rings. The minimum absolute atomic E-state index is 0.143. The number of hydrogen-bond donors (Lipinski definition) is 0. The summed E-state index contributed by atoms with van der Waals surface area (Å²) >= 11 is 6.48. The molecule has 27 heavy (non-hydrogen) atoms. The molecule has 2 fully saturated rings. The van der Waals surface area contributed by atoms with E-state index in [0.29, 0.717) is 21.3 Å². The second-order valence-corrected chi connectivity index (χ2v) is 8.42. The predicted octanol–water partition coefficient (Wildman–Crippen LogP) is 2.87. The van der Waals surface area contributed by atoms with E-state index in [1.807, 2.05) is 6.92 Å². The molecule has 3 heterocycles. The summed E-state index contributed by atoms with van der Waals surface area (Å²) in [5, 5.41) is 9.57.